The lowest BCUT2D eigenvalue weighted by Crippen LogP contribution is -2.32. The summed E-state index contributed by atoms with van der Waals surface area (Å²) in [7, 11) is 0. The van der Waals surface area contributed by atoms with E-state index in [9.17, 15) is 5.11 Å². The van der Waals surface area contributed by atoms with Gasteiger partial charge in [-0.1, -0.05) is 29.3 Å². The average molecular weight is 434 g/mol. The van der Waals surface area contributed by atoms with Gasteiger partial charge in [0.1, 0.15) is 17.6 Å². The van der Waals surface area contributed by atoms with Gasteiger partial charge in [-0.15, -0.1) is 0 Å². The molecule has 2 N–H and O–H groups in total. The molecule has 0 saturated carbocycles. The average Bonchev–Trinajstić information content (AvgIpc) is 3.30. The topological polar surface area (TPSA) is 61.5 Å². The molecule has 2 aromatic heterocycles. The van der Waals surface area contributed by atoms with Crippen molar-refractivity contribution < 1.29 is 9.52 Å². The van der Waals surface area contributed by atoms with Crippen LogP contribution in [-0.4, -0.2) is 33.3 Å². The molecule has 1 aliphatic heterocycles. The van der Waals surface area contributed by atoms with Gasteiger partial charge in [-0.2, -0.15) is 0 Å². The van der Waals surface area contributed by atoms with Crippen molar-refractivity contribution in [2.75, 3.05) is 13.2 Å². The number of rotatable bonds is 5. The Morgan fingerprint density at radius 3 is 2.71 bits per heavy atom. The minimum absolute atomic E-state index is 0.0202. The number of aliphatic hydroxyl groups is 1. The number of thiocarbonyl (C=S) groups is 1. The van der Waals surface area contributed by atoms with Gasteiger partial charge < -0.3 is 19.7 Å². The fourth-order valence-corrected chi connectivity index (χ4v) is 4.01. The number of nitrogens with one attached hydrogen (secondary N) is 1. The zero-order valence-electron chi connectivity index (χ0n) is 14.7. The zero-order valence-corrected chi connectivity index (χ0v) is 17.0. The van der Waals surface area contributed by atoms with E-state index >= 15 is 0 Å². The number of β-amino-alcohol motifs (C(OH)–C–C–N with tert-alkyl or cyclic N) is 1. The Bertz CT molecular complexity index is 996. The summed E-state index contributed by atoms with van der Waals surface area (Å²) in [5.41, 5.74) is 1.68. The van der Waals surface area contributed by atoms with Gasteiger partial charge >= 0.3 is 0 Å². The van der Waals surface area contributed by atoms with Crippen molar-refractivity contribution in [3.05, 3.63) is 76.2 Å². The SMILES string of the molecule is OCCN1C(=S)N[C@H](c2ccccn2)[C@@H]1c1ccc(-c2ccc(Cl)c(Cl)c2)o1. The summed E-state index contributed by atoms with van der Waals surface area (Å²) in [6.45, 7) is 0.371. The van der Waals surface area contributed by atoms with Gasteiger partial charge in [0, 0.05) is 18.3 Å². The van der Waals surface area contributed by atoms with Crippen LogP contribution >= 0.6 is 35.4 Å². The van der Waals surface area contributed by atoms with Gasteiger partial charge in [-0.3, -0.25) is 4.98 Å². The van der Waals surface area contributed by atoms with Crippen molar-refractivity contribution in [2.24, 2.45) is 0 Å². The maximum atomic E-state index is 9.50. The number of pyridine rings is 1. The number of benzene rings is 1. The second-order valence-electron chi connectivity index (χ2n) is 6.37. The number of hydrogen-bond acceptors (Lipinski definition) is 4. The van der Waals surface area contributed by atoms with Gasteiger partial charge in [0.05, 0.1) is 28.4 Å². The number of furan rings is 1. The molecule has 0 bridgehead atoms. The lowest BCUT2D eigenvalue weighted by Gasteiger charge is -2.25. The molecule has 144 valence electrons. The highest BCUT2D eigenvalue weighted by Crippen LogP contribution is 2.40. The van der Waals surface area contributed by atoms with E-state index < -0.39 is 0 Å². The highest BCUT2D eigenvalue weighted by molar-refractivity contribution is 7.80. The third-order valence-electron chi connectivity index (χ3n) is 4.66. The second kappa shape index (κ2) is 8.09. The van der Waals surface area contributed by atoms with E-state index in [0.29, 0.717) is 27.5 Å². The summed E-state index contributed by atoms with van der Waals surface area (Å²) in [6.07, 6.45) is 1.75. The van der Waals surface area contributed by atoms with Crippen LogP contribution in [0.3, 0.4) is 0 Å². The minimum atomic E-state index is -0.230. The van der Waals surface area contributed by atoms with Crippen molar-refractivity contribution in [2.45, 2.75) is 12.1 Å². The maximum Gasteiger partial charge on any atom is 0.170 e. The molecule has 0 radical (unpaired) electrons. The van der Waals surface area contributed by atoms with Crippen LogP contribution < -0.4 is 5.32 Å². The van der Waals surface area contributed by atoms with E-state index in [2.05, 4.69) is 10.3 Å². The molecule has 3 heterocycles. The molecule has 0 aliphatic carbocycles. The summed E-state index contributed by atoms with van der Waals surface area (Å²) in [4.78, 5) is 6.39. The first-order valence-corrected chi connectivity index (χ1v) is 9.89. The lowest BCUT2D eigenvalue weighted by molar-refractivity contribution is 0.209. The van der Waals surface area contributed by atoms with Crippen molar-refractivity contribution in [1.29, 1.82) is 0 Å². The van der Waals surface area contributed by atoms with Crippen LogP contribution in [0, 0.1) is 0 Å². The van der Waals surface area contributed by atoms with E-state index in [0.717, 1.165) is 17.0 Å². The van der Waals surface area contributed by atoms with Crippen molar-refractivity contribution in [1.82, 2.24) is 15.2 Å². The fraction of sp³-hybridized carbons (Fsp3) is 0.200. The van der Waals surface area contributed by atoms with E-state index in [1.165, 1.54) is 0 Å². The Morgan fingerprint density at radius 1 is 1.14 bits per heavy atom. The van der Waals surface area contributed by atoms with Crippen LogP contribution in [0.25, 0.3) is 11.3 Å². The maximum absolute atomic E-state index is 9.50. The van der Waals surface area contributed by atoms with Crippen LogP contribution in [0.15, 0.2) is 59.1 Å². The number of hydrogen-bond donors (Lipinski definition) is 2. The molecule has 0 amide bonds. The van der Waals surface area contributed by atoms with Crippen LogP contribution in [-0.2, 0) is 0 Å². The van der Waals surface area contributed by atoms with Crippen LogP contribution in [0.5, 0.6) is 0 Å². The molecule has 4 rings (SSSR count). The third kappa shape index (κ3) is 3.61. The van der Waals surface area contributed by atoms with Crippen molar-refractivity contribution in [3.63, 3.8) is 0 Å². The molecule has 5 nitrogen and oxygen atoms in total. The molecule has 1 aliphatic rings. The van der Waals surface area contributed by atoms with E-state index in [1.54, 1.807) is 18.3 Å². The van der Waals surface area contributed by atoms with E-state index in [1.807, 2.05) is 41.3 Å². The summed E-state index contributed by atoms with van der Waals surface area (Å²) < 4.78 is 6.17. The Kier molecular flexibility index (Phi) is 5.55. The van der Waals surface area contributed by atoms with Gasteiger partial charge in [0.2, 0.25) is 0 Å². The summed E-state index contributed by atoms with van der Waals surface area (Å²) >= 11 is 17.6. The molecule has 0 spiro atoms. The molecule has 2 atom stereocenters. The Balaban J connectivity index is 1.72. The molecule has 0 unspecified atom stereocenters. The van der Waals surface area contributed by atoms with Gasteiger partial charge in [0.25, 0.3) is 0 Å². The van der Waals surface area contributed by atoms with Crippen LogP contribution in [0.2, 0.25) is 10.0 Å². The van der Waals surface area contributed by atoms with Gasteiger partial charge in [-0.05, 0) is 54.7 Å². The molecular formula is C20H17Cl2N3O2S. The van der Waals surface area contributed by atoms with E-state index in [4.69, 9.17) is 39.8 Å². The number of nitrogens with zero attached hydrogens (tertiary/aromatic N) is 2. The predicted molar refractivity (Wildman–Crippen MR) is 113 cm³/mol. The number of aromatic nitrogens is 1. The first-order valence-electron chi connectivity index (χ1n) is 8.72. The first-order chi connectivity index (χ1) is 13.6. The number of halogens is 2. The predicted octanol–water partition coefficient (Wildman–Crippen LogP) is 4.61. The smallest absolute Gasteiger partial charge is 0.170 e. The van der Waals surface area contributed by atoms with Crippen molar-refractivity contribution in [3.8, 4) is 11.3 Å². The summed E-state index contributed by atoms with van der Waals surface area (Å²) in [5.74, 6) is 1.40. The lowest BCUT2D eigenvalue weighted by atomic mass is 10.0. The summed E-state index contributed by atoms with van der Waals surface area (Å²) in [5, 5.41) is 14.3. The highest BCUT2D eigenvalue weighted by Gasteiger charge is 2.41. The molecule has 1 aromatic carbocycles. The second-order valence-corrected chi connectivity index (χ2v) is 7.58. The van der Waals surface area contributed by atoms with Gasteiger partial charge in [-0.25, -0.2) is 0 Å². The first kappa shape index (κ1) is 19.2. The van der Waals surface area contributed by atoms with Crippen LogP contribution in [0.1, 0.15) is 23.5 Å². The Morgan fingerprint density at radius 2 is 2.00 bits per heavy atom. The van der Waals surface area contributed by atoms with Crippen molar-refractivity contribution >= 4 is 40.5 Å². The quantitative estimate of drug-likeness (QED) is 0.572. The molecule has 1 saturated heterocycles. The Labute approximate surface area is 177 Å². The largest absolute Gasteiger partial charge is 0.459 e. The normalized spacial score (nSPS) is 19.1. The Hall–Kier alpha value is -2.12. The molecule has 28 heavy (non-hydrogen) atoms. The third-order valence-corrected chi connectivity index (χ3v) is 5.75. The molecule has 1 fully saturated rings. The monoisotopic (exact) mass is 433 g/mol. The highest BCUT2D eigenvalue weighted by atomic mass is 35.5. The fourth-order valence-electron chi connectivity index (χ4n) is 3.38. The zero-order chi connectivity index (χ0) is 19.7. The van der Waals surface area contributed by atoms with E-state index in [-0.39, 0.29) is 18.7 Å². The van der Waals surface area contributed by atoms with Crippen LogP contribution in [0.4, 0.5) is 0 Å². The minimum Gasteiger partial charge on any atom is -0.459 e. The molecule has 8 heteroatoms. The van der Waals surface area contributed by atoms with Gasteiger partial charge in [0.15, 0.2) is 5.11 Å². The number of aliphatic hydroxyl groups excluding tert-OH is 1. The molecular weight excluding hydrogens is 417 g/mol. The standard InChI is InChI=1S/C20H17Cl2N3O2S/c21-13-5-4-12(11-14(13)22)16-6-7-17(27-16)19-18(15-3-1-2-8-23-15)24-20(28)25(19)9-10-26/h1-8,11,18-19,26H,9-10H2,(H,24,28)/t18-,19+/m1/s1. The summed E-state index contributed by atoms with van der Waals surface area (Å²) in [6, 6.07) is 14.5. The molecule has 3 aromatic rings.